The van der Waals surface area contributed by atoms with E-state index < -0.39 is 47.6 Å². The Morgan fingerprint density at radius 2 is 1.35 bits per heavy atom. The van der Waals surface area contributed by atoms with Gasteiger partial charge in [-0.2, -0.15) is 0 Å². The summed E-state index contributed by atoms with van der Waals surface area (Å²) in [6.07, 6.45) is -0.319. The van der Waals surface area contributed by atoms with Crippen LogP contribution in [0.25, 0.3) is 0 Å². The molecule has 1 aliphatic heterocycles. The molecular weight excluding hydrogens is 546 g/mol. The summed E-state index contributed by atoms with van der Waals surface area (Å²) in [4.78, 5) is 54.7. The van der Waals surface area contributed by atoms with E-state index >= 15 is 0 Å². The Morgan fingerprint density at radius 1 is 0.791 bits per heavy atom. The van der Waals surface area contributed by atoms with Crippen molar-refractivity contribution in [2.24, 2.45) is 5.73 Å². The van der Waals surface area contributed by atoms with Crippen LogP contribution in [0, 0.1) is 0 Å². The normalized spacial score (nSPS) is 17.9. The van der Waals surface area contributed by atoms with Crippen molar-refractivity contribution in [2.75, 3.05) is 6.54 Å². The van der Waals surface area contributed by atoms with Crippen LogP contribution in [-0.2, 0) is 38.6 Å². The number of likely N-dealkylation sites (tertiary alicyclic amines) is 1. The van der Waals surface area contributed by atoms with E-state index in [1.165, 1.54) is 4.90 Å². The number of hydrogen-bond acceptors (Lipinski definition) is 6. The Labute approximate surface area is 252 Å². The lowest BCUT2D eigenvalue weighted by Gasteiger charge is -2.50. The number of benzene rings is 3. The van der Waals surface area contributed by atoms with Gasteiger partial charge >= 0.3 is 6.09 Å². The number of nitrogens with two attached hydrogens (primary N) is 1. The molecule has 1 heterocycles. The van der Waals surface area contributed by atoms with E-state index in [0.29, 0.717) is 13.0 Å². The molecule has 0 aliphatic carbocycles. The SMILES string of the molecule is C[C@H](NC(=O)[C@]1(Cc2ccccc2)CCN1C(=O)OCc1ccccc1)C(=O)N[C@@H](Cc1ccccc1)C(=O)N[C@@H](C)N. The molecule has 226 valence electrons. The molecule has 0 saturated carbocycles. The molecule has 4 amide bonds. The van der Waals surface area contributed by atoms with Gasteiger partial charge in [0.25, 0.3) is 0 Å². The molecule has 5 N–H and O–H groups in total. The van der Waals surface area contributed by atoms with Gasteiger partial charge < -0.3 is 26.4 Å². The topological polar surface area (TPSA) is 143 Å². The summed E-state index contributed by atoms with van der Waals surface area (Å²) < 4.78 is 5.57. The molecule has 1 aliphatic rings. The summed E-state index contributed by atoms with van der Waals surface area (Å²) in [5.74, 6) is -1.44. The summed E-state index contributed by atoms with van der Waals surface area (Å²) in [5, 5.41) is 8.19. The van der Waals surface area contributed by atoms with Crippen LogP contribution in [0.5, 0.6) is 0 Å². The lowest BCUT2D eigenvalue weighted by Crippen LogP contribution is -2.71. The third-order valence-corrected chi connectivity index (χ3v) is 7.48. The maximum absolute atomic E-state index is 13.9. The Morgan fingerprint density at radius 3 is 1.88 bits per heavy atom. The number of amides is 4. The van der Waals surface area contributed by atoms with Crippen molar-refractivity contribution in [3.8, 4) is 0 Å². The van der Waals surface area contributed by atoms with Crippen LogP contribution < -0.4 is 21.7 Å². The van der Waals surface area contributed by atoms with E-state index in [1.54, 1.807) is 13.8 Å². The zero-order valence-electron chi connectivity index (χ0n) is 24.5. The van der Waals surface area contributed by atoms with Crippen molar-refractivity contribution in [2.45, 2.75) is 63.5 Å². The van der Waals surface area contributed by atoms with Gasteiger partial charge in [0, 0.05) is 19.4 Å². The van der Waals surface area contributed by atoms with Crippen LogP contribution in [0.4, 0.5) is 4.79 Å². The van der Waals surface area contributed by atoms with Gasteiger partial charge in [-0.3, -0.25) is 19.3 Å². The van der Waals surface area contributed by atoms with Crippen molar-refractivity contribution in [3.63, 3.8) is 0 Å². The predicted molar refractivity (Wildman–Crippen MR) is 162 cm³/mol. The summed E-state index contributed by atoms with van der Waals surface area (Å²) in [5.41, 5.74) is 7.08. The average molecular weight is 586 g/mol. The number of hydrogen-bond donors (Lipinski definition) is 4. The highest BCUT2D eigenvalue weighted by Crippen LogP contribution is 2.35. The molecule has 3 aromatic rings. The van der Waals surface area contributed by atoms with Gasteiger partial charge in [0.15, 0.2) is 0 Å². The largest absolute Gasteiger partial charge is 0.445 e. The molecule has 10 nitrogen and oxygen atoms in total. The highest BCUT2D eigenvalue weighted by molar-refractivity contribution is 5.96. The minimum absolute atomic E-state index is 0.0737. The molecule has 1 fully saturated rings. The van der Waals surface area contributed by atoms with Gasteiger partial charge in [0.1, 0.15) is 24.2 Å². The van der Waals surface area contributed by atoms with E-state index in [2.05, 4.69) is 16.0 Å². The summed E-state index contributed by atoms with van der Waals surface area (Å²) >= 11 is 0. The maximum Gasteiger partial charge on any atom is 0.411 e. The molecule has 0 radical (unpaired) electrons. The Hall–Kier alpha value is -4.70. The van der Waals surface area contributed by atoms with Gasteiger partial charge in [0.2, 0.25) is 17.7 Å². The number of ether oxygens (including phenoxy) is 1. The molecule has 0 unspecified atom stereocenters. The highest BCUT2D eigenvalue weighted by atomic mass is 16.6. The van der Waals surface area contributed by atoms with E-state index in [4.69, 9.17) is 10.5 Å². The van der Waals surface area contributed by atoms with Crippen LogP contribution in [0.1, 0.15) is 37.0 Å². The number of nitrogens with one attached hydrogen (secondary N) is 3. The third-order valence-electron chi connectivity index (χ3n) is 7.48. The lowest BCUT2D eigenvalue weighted by atomic mass is 9.78. The molecule has 0 bridgehead atoms. The summed E-state index contributed by atoms with van der Waals surface area (Å²) in [6, 6.07) is 26.1. The molecule has 4 atom stereocenters. The Balaban J connectivity index is 1.47. The van der Waals surface area contributed by atoms with Crippen molar-refractivity contribution >= 4 is 23.8 Å². The summed E-state index contributed by atoms with van der Waals surface area (Å²) in [7, 11) is 0. The minimum atomic E-state index is -1.24. The first-order valence-corrected chi connectivity index (χ1v) is 14.4. The van der Waals surface area contributed by atoms with Gasteiger partial charge in [0.05, 0.1) is 6.17 Å². The van der Waals surface area contributed by atoms with E-state index in [1.807, 2.05) is 91.0 Å². The van der Waals surface area contributed by atoms with E-state index in [9.17, 15) is 19.2 Å². The molecule has 0 spiro atoms. The zero-order chi connectivity index (χ0) is 30.8. The Kier molecular flexibility index (Phi) is 10.5. The maximum atomic E-state index is 13.9. The van der Waals surface area contributed by atoms with Crippen molar-refractivity contribution in [3.05, 3.63) is 108 Å². The first-order chi connectivity index (χ1) is 20.7. The van der Waals surface area contributed by atoms with Crippen molar-refractivity contribution in [1.29, 1.82) is 0 Å². The smallest absolute Gasteiger partial charge is 0.411 e. The van der Waals surface area contributed by atoms with Crippen molar-refractivity contribution in [1.82, 2.24) is 20.9 Å². The lowest BCUT2D eigenvalue weighted by molar-refractivity contribution is -0.143. The van der Waals surface area contributed by atoms with Gasteiger partial charge in [-0.15, -0.1) is 0 Å². The Bertz CT molecular complexity index is 1390. The second-order valence-corrected chi connectivity index (χ2v) is 10.9. The minimum Gasteiger partial charge on any atom is -0.445 e. The fourth-order valence-electron chi connectivity index (χ4n) is 5.07. The number of carbonyl (C=O) groups excluding carboxylic acids is 4. The van der Waals surface area contributed by atoms with Gasteiger partial charge in [-0.25, -0.2) is 4.79 Å². The fraction of sp³-hybridized carbons (Fsp3) is 0.333. The third kappa shape index (κ3) is 8.20. The second-order valence-electron chi connectivity index (χ2n) is 10.9. The molecule has 43 heavy (non-hydrogen) atoms. The average Bonchev–Trinajstić information content (AvgIpc) is 2.99. The quantitative estimate of drug-likeness (QED) is 0.241. The number of rotatable bonds is 12. The molecule has 4 rings (SSSR count). The summed E-state index contributed by atoms with van der Waals surface area (Å²) in [6.45, 7) is 3.59. The molecule has 0 aromatic heterocycles. The second kappa shape index (κ2) is 14.5. The zero-order valence-corrected chi connectivity index (χ0v) is 24.5. The highest BCUT2D eigenvalue weighted by Gasteiger charge is 2.54. The molecule has 1 saturated heterocycles. The van der Waals surface area contributed by atoms with Crippen LogP contribution in [-0.4, -0.2) is 59.0 Å². The van der Waals surface area contributed by atoms with Gasteiger partial charge in [-0.1, -0.05) is 91.0 Å². The molecular formula is C33H39N5O5. The number of carbonyl (C=O) groups is 4. The molecule has 3 aromatic carbocycles. The van der Waals surface area contributed by atoms with Gasteiger partial charge in [-0.05, 0) is 37.0 Å². The number of nitrogens with zero attached hydrogens (tertiary/aromatic N) is 1. The fourth-order valence-corrected chi connectivity index (χ4v) is 5.07. The van der Waals surface area contributed by atoms with Crippen LogP contribution >= 0.6 is 0 Å². The van der Waals surface area contributed by atoms with Crippen LogP contribution in [0.3, 0.4) is 0 Å². The molecule has 10 heteroatoms. The standard InChI is InChI=1S/C33H39N5O5/c1-23(29(39)37-28(30(40)36-24(2)34)20-25-12-6-3-7-13-25)35-31(41)33(21-26-14-8-4-9-15-26)18-19-38(33)32(42)43-22-27-16-10-5-11-17-27/h3-17,23-24,28H,18-22,34H2,1-2H3,(H,35,41)(H,36,40)(H,37,39)/t23-,24-,28-,33+/m0/s1. The first-order valence-electron chi connectivity index (χ1n) is 14.4. The van der Waals surface area contributed by atoms with E-state index in [0.717, 1.165) is 16.7 Å². The monoisotopic (exact) mass is 585 g/mol. The first kappa shape index (κ1) is 31.2. The van der Waals surface area contributed by atoms with E-state index in [-0.39, 0.29) is 19.4 Å². The van der Waals surface area contributed by atoms with Crippen molar-refractivity contribution < 1.29 is 23.9 Å². The predicted octanol–water partition coefficient (Wildman–Crippen LogP) is 2.66. The van der Waals surface area contributed by atoms with Crippen LogP contribution in [0.15, 0.2) is 91.0 Å². The van der Waals surface area contributed by atoms with Crippen LogP contribution in [0.2, 0.25) is 0 Å².